The zero-order valence-corrected chi connectivity index (χ0v) is 20.6. The molecule has 0 fully saturated rings. The van der Waals surface area contributed by atoms with Gasteiger partial charge in [0.05, 0.1) is 5.75 Å². The number of sulfone groups is 1. The summed E-state index contributed by atoms with van der Waals surface area (Å²) in [7, 11) is -1.55. The number of hydrogen-bond donors (Lipinski definition) is 1. The average Bonchev–Trinajstić information content (AvgIpc) is 2.80. The molecule has 32 heavy (non-hydrogen) atoms. The van der Waals surface area contributed by atoms with Crippen LogP contribution in [0.2, 0.25) is 0 Å². The van der Waals surface area contributed by atoms with Crippen LogP contribution in [-0.2, 0) is 15.6 Å². The molecular weight excluding hydrogens is 418 g/mol. The average molecular weight is 459 g/mol. The summed E-state index contributed by atoms with van der Waals surface area (Å²) in [5.74, 6) is -0.0675. The summed E-state index contributed by atoms with van der Waals surface area (Å²) in [6, 6.07) is 14.5. The van der Waals surface area contributed by atoms with E-state index in [-0.39, 0.29) is 10.6 Å². The van der Waals surface area contributed by atoms with Crippen LogP contribution in [0.5, 0.6) is 0 Å². The highest BCUT2D eigenvalue weighted by atomic mass is 32.2. The van der Waals surface area contributed by atoms with Gasteiger partial charge in [0.25, 0.3) is 0 Å². The van der Waals surface area contributed by atoms with Crippen LogP contribution in [0.15, 0.2) is 58.5 Å². The SMILES string of the molecule is CCCCCCCCCCCCN(C)c1ccc(N=[NH2+])c(S(=O)(=O)Cc2ccccc2)c1. The van der Waals surface area contributed by atoms with E-state index in [1.54, 1.807) is 12.1 Å². The minimum absolute atomic E-state index is 0.0675. The Morgan fingerprint density at radius 2 is 1.44 bits per heavy atom. The molecule has 0 radical (unpaired) electrons. The molecule has 0 aliphatic rings. The van der Waals surface area contributed by atoms with Crippen LogP contribution in [0.1, 0.15) is 76.7 Å². The first-order chi connectivity index (χ1) is 15.5. The second kappa shape index (κ2) is 14.0. The molecule has 0 spiro atoms. The summed E-state index contributed by atoms with van der Waals surface area (Å²) in [4.78, 5) is 2.31. The molecule has 0 unspecified atom stereocenters. The van der Waals surface area contributed by atoms with Gasteiger partial charge in [-0.05, 0) is 35.3 Å². The molecule has 0 heterocycles. The lowest BCUT2D eigenvalue weighted by Gasteiger charge is -2.20. The Hall–Kier alpha value is -2.21. The van der Waals surface area contributed by atoms with Crippen LogP contribution in [0.25, 0.3) is 0 Å². The smallest absolute Gasteiger partial charge is 0.184 e. The van der Waals surface area contributed by atoms with E-state index in [9.17, 15) is 8.42 Å². The van der Waals surface area contributed by atoms with Crippen LogP contribution in [-0.4, -0.2) is 22.0 Å². The number of rotatable bonds is 16. The molecule has 0 amide bonds. The van der Waals surface area contributed by atoms with Gasteiger partial charge in [-0.2, -0.15) is 5.53 Å². The van der Waals surface area contributed by atoms with Crippen molar-refractivity contribution in [2.24, 2.45) is 5.11 Å². The van der Waals surface area contributed by atoms with Gasteiger partial charge in [-0.1, -0.05) is 95.0 Å². The lowest BCUT2D eigenvalue weighted by Crippen LogP contribution is -2.23. The molecule has 0 aliphatic carbocycles. The third-order valence-corrected chi connectivity index (χ3v) is 7.62. The van der Waals surface area contributed by atoms with Crippen molar-refractivity contribution in [2.45, 2.75) is 81.8 Å². The molecule has 5 nitrogen and oxygen atoms in total. The Morgan fingerprint density at radius 1 is 0.844 bits per heavy atom. The number of nitrogens with zero attached hydrogens (tertiary/aromatic N) is 2. The van der Waals surface area contributed by atoms with Gasteiger partial charge in [-0.25, -0.2) is 8.42 Å². The topological polar surface area (TPSA) is 75.3 Å². The van der Waals surface area contributed by atoms with Gasteiger partial charge in [0.2, 0.25) is 0 Å². The maximum atomic E-state index is 13.1. The van der Waals surface area contributed by atoms with E-state index < -0.39 is 9.84 Å². The summed E-state index contributed by atoms with van der Waals surface area (Å²) >= 11 is 0. The fourth-order valence-corrected chi connectivity index (χ4v) is 5.46. The number of benzene rings is 2. The standard InChI is InChI=1S/C26H39N3O2S/c1-3-4-5-6-7-8-9-10-11-15-20-29(2)24-18-19-25(28-27)26(21-24)32(30,31)22-23-16-13-12-14-17-23/h12-14,16-19,21,27H,3-11,15,20,22H2,1-2H3/p+1. The van der Waals surface area contributed by atoms with Crippen LogP contribution < -0.4 is 10.4 Å². The lowest BCUT2D eigenvalue weighted by molar-refractivity contribution is -0.210. The van der Waals surface area contributed by atoms with Crippen LogP contribution in [0, 0.1) is 0 Å². The van der Waals surface area contributed by atoms with Crippen molar-refractivity contribution < 1.29 is 13.9 Å². The third kappa shape index (κ3) is 8.73. The molecule has 0 atom stereocenters. The molecule has 2 rings (SSSR count). The van der Waals surface area contributed by atoms with Crippen molar-refractivity contribution in [3.8, 4) is 0 Å². The van der Waals surface area contributed by atoms with Crippen molar-refractivity contribution in [2.75, 3.05) is 18.5 Å². The van der Waals surface area contributed by atoms with E-state index in [4.69, 9.17) is 5.53 Å². The molecule has 2 aromatic rings. The monoisotopic (exact) mass is 458 g/mol. The van der Waals surface area contributed by atoms with Gasteiger partial charge < -0.3 is 4.90 Å². The van der Waals surface area contributed by atoms with Crippen molar-refractivity contribution in [3.05, 3.63) is 54.1 Å². The summed E-state index contributed by atoms with van der Waals surface area (Å²) in [5, 5.41) is 3.71. The Bertz CT molecular complexity index is 914. The molecule has 0 aromatic heterocycles. The second-order valence-corrected chi connectivity index (χ2v) is 10.6. The molecule has 2 aromatic carbocycles. The van der Waals surface area contributed by atoms with Gasteiger partial charge >= 0.3 is 0 Å². The summed E-state index contributed by atoms with van der Waals surface area (Å²) < 4.78 is 26.1. The highest BCUT2D eigenvalue weighted by Gasteiger charge is 2.22. The predicted octanol–water partition coefficient (Wildman–Crippen LogP) is 5.86. The van der Waals surface area contributed by atoms with E-state index in [1.807, 2.05) is 43.4 Å². The minimum Gasteiger partial charge on any atom is -0.375 e. The third-order valence-electron chi connectivity index (χ3n) is 5.90. The molecule has 6 heteroatoms. The molecule has 176 valence electrons. The Morgan fingerprint density at radius 3 is 2.03 bits per heavy atom. The molecule has 0 saturated carbocycles. The highest BCUT2D eigenvalue weighted by Crippen LogP contribution is 2.31. The van der Waals surface area contributed by atoms with Crippen LogP contribution in [0.4, 0.5) is 11.4 Å². The van der Waals surface area contributed by atoms with Crippen molar-refractivity contribution >= 4 is 21.2 Å². The zero-order chi connectivity index (χ0) is 23.2. The Labute approximate surface area is 194 Å². The van der Waals surface area contributed by atoms with E-state index in [0.29, 0.717) is 5.69 Å². The summed E-state index contributed by atoms with van der Waals surface area (Å²) in [6.07, 6.45) is 13.0. The van der Waals surface area contributed by atoms with Gasteiger partial charge in [0.1, 0.15) is 10.6 Å². The van der Waals surface area contributed by atoms with Crippen LogP contribution >= 0.6 is 0 Å². The zero-order valence-electron chi connectivity index (χ0n) is 19.8. The Kier molecular flexibility index (Phi) is 11.4. The van der Waals surface area contributed by atoms with E-state index in [2.05, 4.69) is 16.9 Å². The second-order valence-electron chi connectivity index (χ2n) is 8.63. The first-order valence-electron chi connectivity index (χ1n) is 12.0. The van der Waals surface area contributed by atoms with Gasteiger partial charge in [-0.3, -0.25) is 0 Å². The normalized spacial score (nSPS) is 11.4. The number of unbranched alkanes of at least 4 members (excludes halogenated alkanes) is 9. The largest absolute Gasteiger partial charge is 0.375 e. The maximum absolute atomic E-state index is 13.1. The van der Waals surface area contributed by atoms with Crippen LogP contribution in [0.3, 0.4) is 0 Å². The van der Waals surface area contributed by atoms with Crippen molar-refractivity contribution in [3.63, 3.8) is 0 Å². The van der Waals surface area contributed by atoms with E-state index in [1.165, 1.54) is 57.8 Å². The predicted molar refractivity (Wildman–Crippen MR) is 133 cm³/mol. The molecule has 0 aliphatic heterocycles. The van der Waals surface area contributed by atoms with Crippen molar-refractivity contribution in [1.29, 1.82) is 0 Å². The molecule has 2 N–H and O–H groups in total. The quantitative estimate of drug-likeness (QED) is 0.253. The van der Waals surface area contributed by atoms with Crippen molar-refractivity contribution in [1.82, 2.24) is 0 Å². The minimum atomic E-state index is -3.56. The fraction of sp³-hybridized carbons (Fsp3) is 0.538. The first kappa shape index (κ1) is 26.0. The lowest BCUT2D eigenvalue weighted by atomic mass is 10.1. The summed E-state index contributed by atoms with van der Waals surface area (Å²) in [5.41, 5.74) is 7.41. The molecule has 0 saturated heterocycles. The highest BCUT2D eigenvalue weighted by molar-refractivity contribution is 7.90. The molecular formula is C26H40N3O2S+. The first-order valence-corrected chi connectivity index (χ1v) is 13.7. The number of anilines is 1. The van der Waals surface area contributed by atoms with Gasteiger partial charge in [0.15, 0.2) is 9.84 Å². The summed E-state index contributed by atoms with van der Waals surface area (Å²) in [6.45, 7) is 3.15. The number of nitrogens with two attached hydrogens (primary N) is 1. The maximum Gasteiger partial charge on any atom is 0.184 e. The number of hydrogen-bond acceptors (Lipinski definition) is 4. The van der Waals surface area contributed by atoms with Gasteiger partial charge in [-0.15, -0.1) is 0 Å². The van der Waals surface area contributed by atoms with E-state index >= 15 is 0 Å². The Balaban J connectivity index is 1.87. The fourth-order valence-electron chi connectivity index (χ4n) is 3.93. The van der Waals surface area contributed by atoms with E-state index in [0.717, 1.165) is 24.2 Å². The van der Waals surface area contributed by atoms with Gasteiger partial charge in [0, 0.05) is 19.3 Å². The molecule has 0 bridgehead atoms.